The molecule has 0 saturated heterocycles. The van der Waals surface area contributed by atoms with E-state index < -0.39 is 9.84 Å². The number of sulfone groups is 1. The van der Waals surface area contributed by atoms with Gasteiger partial charge in [0.1, 0.15) is 0 Å². The van der Waals surface area contributed by atoms with Crippen molar-refractivity contribution in [2.24, 2.45) is 7.05 Å². The largest absolute Gasteiger partial charge is 0.393 e. The van der Waals surface area contributed by atoms with Crippen LogP contribution in [0.5, 0.6) is 0 Å². The number of hydrogen-bond donors (Lipinski definition) is 2. The highest BCUT2D eigenvalue weighted by molar-refractivity contribution is 7.90. The Morgan fingerprint density at radius 1 is 1.00 bits per heavy atom. The van der Waals surface area contributed by atoms with Crippen LogP contribution in [0.1, 0.15) is 25.7 Å². The van der Waals surface area contributed by atoms with Gasteiger partial charge in [-0.15, -0.1) is 0 Å². The number of aliphatic hydroxyl groups is 1. The number of pyridine rings is 1. The standard InChI is InChI=1S/C23H26N2O4S/c1-25-14-21(18-5-3-4-6-19(18)23(25)27)20-13-17(30(2,28)29)11-12-22(20)24-15-7-9-16(26)10-8-15/h3-6,11-16,24,26H,7-10H2,1-2H3/t15-,16-. The van der Waals surface area contributed by atoms with Gasteiger partial charge in [-0.25, -0.2) is 8.42 Å². The highest BCUT2D eigenvalue weighted by atomic mass is 32.2. The second-order valence-electron chi connectivity index (χ2n) is 8.13. The van der Waals surface area contributed by atoms with Gasteiger partial charge in [0.05, 0.1) is 11.0 Å². The van der Waals surface area contributed by atoms with Gasteiger partial charge in [0.15, 0.2) is 9.84 Å². The third kappa shape index (κ3) is 4.00. The van der Waals surface area contributed by atoms with E-state index >= 15 is 0 Å². The summed E-state index contributed by atoms with van der Waals surface area (Å²) in [6.45, 7) is 0. The Balaban J connectivity index is 1.90. The van der Waals surface area contributed by atoms with Crippen molar-refractivity contribution >= 4 is 26.3 Å². The van der Waals surface area contributed by atoms with E-state index in [1.54, 1.807) is 37.5 Å². The van der Waals surface area contributed by atoms with Gasteiger partial charge in [-0.05, 0) is 55.3 Å². The van der Waals surface area contributed by atoms with Gasteiger partial charge in [-0.2, -0.15) is 0 Å². The Hall–Kier alpha value is -2.64. The second-order valence-corrected chi connectivity index (χ2v) is 10.1. The summed E-state index contributed by atoms with van der Waals surface area (Å²) in [6.07, 6.45) is 5.91. The summed E-state index contributed by atoms with van der Waals surface area (Å²) >= 11 is 0. The van der Waals surface area contributed by atoms with Crippen LogP contribution in [0.25, 0.3) is 21.9 Å². The third-order valence-corrected chi connectivity index (χ3v) is 6.97. The average molecular weight is 427 g/mol. The number of rotatable bonds is 4. The van der Waals surface area contributed by atoms with Crippen molar-refractivity contribution < 1.29 is 13.5 Å². The SMILES string of the molecule is Cn1cc(-c2cc(S(C)(=O)=O)ccc2N[C@H]2CC[C@H](O)CC2)c2ccccc2c1=O. The molecule has 1 saturated carbocycles. The highest BCUT2D eigenvalue weighted by Crippen LogP contribution is 2.36. The molecule has 0 amide bonds. The predicted octanol–water partition coefficient (Wildman–Crippen LogP) is 3.32. The molecule has 4 rings (SSSR count). The van der Waals surface area contributed by atoms with E-state index in [0.29, 0.717) is 5.39 Å². The predicted molar refractivity (Wildman–Crippen MR) is 120 cm³/mol. The Labute approximate surface area is 176 Å². The minimum Gasteiger partial charge on any atom is -0.393 e. The first-order valence-corrected chi connectivity index (χ1v) is 12.0. The smallest absolute Gasteiger partial charge is 0.258 e. The molecule has 1 heterocycles. The number of nitrogens with zero attached hydrogens (tertiary/aromatic N) is 1. The molecule has 0 radical (unpaired) electrons. The molecule has 2 aromatic carbocycles. The van der Waals surface area contributed by atoms with Gasteiger partial charge in [0, 0.05) is 47.7 Å². The quantitative estimate of drug-likeness (QED) is 0.668. The number of fused-ring (bicyclic) bond motifs is 1. The second kappa shape index (κ2) is 7.89. The lowest BCUT2D eigenvalue weighted by Crippen LogP contribution is -2.28. The minimum atomic E-state index is -3.39. The van der Waals surface area contributed by atoms with E-state index in [4.69, 9.17) is 0 Å². The molecule has 0 aliphatic heterocycles. The number of aromatic nitrogens is 1. The summed E-state index contributed by atoms with van der Waals surface area (Å²) in [4.78, 5) is 12.8. The summed E-state index contributed by atoms with van der Waals surface area (Å²) in [5, 5.41) is 14.7. The Kier molecular flexibility index (Phi) is 5.42. The Morgan fingerprint density at radius 2 is 1.67 bits per heavy atom. The molecule has 158 valence electrons. The fraction of sp³-hybridized carbons (Fsp3) is 0.348. The van der Waals surface area contributed by atoms with Crippen molar-refractivity contribution in [1.82, 2.24) is 4.57 Å². The highest BCUT2D eigenvalue weighted by Gasteiger charge is 2.22. The number of nitrogens with one attached hydrogen (secondary N) is 1. The maximum atomic E-state index is 12.6. The van der Waals surface area contributed by atoms with Crippen molar-refractivity contribution in [3.05, 3.63) is 59.0 Å². The molecule has 3 aromatic rings. The van der Waals surface area contributed by atoms with E-state index in [2.05, 4.69) is 5.32 Å². The molecule has 1 aromatic heterocycles. The maximum Gasteiger partial charge on any atom is 0.258 e. The van der Waals surface area contributed by atoms with E-state index in [9.17, 15) is 18.3 Å². The lowest BCUT2D eigenvalue weighted by atomic mass is 9.92. The van der Waals surface area contributed by atoms with E-state index in [-0.39, 0.29) is 22.6 Å². The van der Waals surface area contributed by atoms with Crippen LogP contribution < -0.4 is 10.9 Å². The summed E-state index contributed by atoms with van der Waals surface area (Å²) in [7, 11) is -1.69. The normalized spacial score (nSPS) is 19.7. The summed E-state index contributed by atoms with van der Waals surface area (Å²) in [5.41, 5.74) is 2.28. The number of anilines is 1. The molecule has 1 aliphatic carbocycles. The molecule has 0 bridgehead atoms. The average Bonchev–Trinajstić information content (AvgIpc) is 2.72. The fourth-order valence-electron chi connectivity index (χ4n) is 4.17. The van der Waals surface area contributed by atoms with Crippen molar-refractivity contribution in [2.75, 3.05) is 11.6 Å². The van der Waals surface area contributed by atoms with Gasteiger partial charge < -0.3 is 15.0 Å². The van der Waals surface area contributed by atoms with Gasteiger partial charge in [0.2, 0.25) is 0 Å². The first-order valence-electron chi connectivity index (χ1n) is 10.1. The third-order valence-electron chi connectivity index (χ3n) is 5.86. The van der Waals surface area contributed by atoms with E-state index in [1.807, 2.05) is 18.2 Å². The van der Waals surface area contributed by atoms with Crippen molar-refractivity contribution in [2.45, 2.75) is 42.7 Å². The fourth-order valence-corrected chi connectivity index (χ4v) is 4.82. The molecule has 0 spiro atoms. The summed E-state index contributed by atoms with van der Waals surface area (Å²) < 4.78 is 26.0. The summed E-state index contributed by atoms with van der Waals surface area (Å²) in [6, 6.07) is 12.7. The zero-order valence-electron chi connectivity index (χ0n) is 17.1. The molecule has 0 unspecified atom stereocenters. The molecule has 2 N–H and O–H groups in total. The van der Waals surface area contributed by atoms with Gasteiger partial charge in [0.25, 0.3) is 5.56 Å². The van der Waals surface area contributed by atoms with E-state index in [0.717, 1.165) is 47.9 Å². The minimum absolute atomic E-state index is 0.0932. The van der Waals surface area contributed by atoms with Crippen LogP contribution in [0.4, 0.5) is 5.69 Å². The lowest BCUT2D eigenvalue weighted by Gasteiger charge is -2.28. The lowest BCUT2D eigenvalue weighted by molar-refractivity contribution is 0.126. The monoisotopic (exact) mass is 426 g/mol. The molecule has 6 nitrogen and oxygen atoms in total. The van der Waals surface area contributed by atoms with Crippen LogP contribution in [0.15, 0.2) is 58.4 Å². The molecule has 7 heteroatoms. The van der Waals surface area contributed by atoms with Crippen LogP contribution in [-0.2, 0) is 16.9 Å². The number of hydrogen-bond acceptors (Lipinski definition) is 5. The summed E-state index contributed by atoms with van der Waals surface area (Å²) in [5.74, 6) is 0. The Morgan fingerprint density at radius 3 is 2.33 bits per heavy atom. The van der Waals surface area contributed by atoms with Crippen LogP contribution in [0.2, 0.25) is 0 Å². The van der Waals surface area contributed by atoms with Gasteiger partial charge in [-0.3, -0.25) is 4.79 Å². The molecule has 1 fully saturated rings. The first kappa shape index (κ1) is 20.6. The van der Waals surface area contributed by atoms with Crippen LogP contribution in [0, 0.1) is 0 Å². The zero-order chi connectivity index (χ0) is 21.5. The van der Waals surface area contributed by atoms with Crippen LogP contribution >= 0.6 is 0 Å². The van der Waals surface area contributed by atoms with Gasteiger partial charge in [-0.1, -0.05) is 18.2 Å². The van der Waals surface area contributed by atoms with E-state index in [1.165, 1.54) is 10.8 Å². The zero-order valence-corrected chi connectivity index (χ0v) is 17.9. The Bertz CT molecular complexity index is 1260. The van der Waals surface area contributed by atoms with Gasteiger partial charge >= 0.3 is 0 Å². The molecular formula is C23H26N2O4S. The topological polar surface area (TPSA) is 88.4 Å². The molecule has 1 aliphatic rings. The maximum absolute atomic E-state index is 12.6. The number of aryl methyl sites for hydroxylation is 1. The number of aliphatic hydroxyl groups excluding tert-OH is 1. The van der Waals surface area contributed by atoms with Crippen LogP contribution in [0.3, 0.4) is 0 Å². The number of benzene rings is 2. The van der Waals surface area contributed by atoms with Crippen LogP contribution in [-0.4, -0.2) is 36.5 Å². The molecule has 30 heavy (non-hydrogen) atoms. The first-order chi connectivity index (χ1) is 14.2. The molecular weight excluding hydrogens is 400 g/mol. The molecule has 0 atom stereocenters. The van der Waals surface area contributed by atoms with Crippen molar-refractivity contribution in [3.8, 4) is 11.1 Å². The van der Waals surface area contributed by atoms with Crippen molar-refractivity contribution in [3.63, 3.8) is 0 Å². The van der Waals surface area contributed by atoms with Crippen molar-refractivity contribution in [1.29, 1.82) is 0 Å².